The van der Waals surface area contributed by atoms with Gasteiger partial charge >= 0.3 is 0 Å². The molecule has 3 nitrogen and oxygen atoms in total. The summed E-state index contributed by atoms with van der Waals surface area (Å²) in [5, 5.41) is 4.10. The normalized spacial score (nSPS) is 27.4. The Bertz CT molecular complexity index is 422. The summed E-state index contributed by atoms with van der Waals surface area (Å²) in [5.41, 5.74) is 2.40. The maximum absolute atomic E-state index is 6.39. The molecule has 2 atom stereocenters. The van der Waals surface area contributed by atoms with E-state index in [4.69, 9.17) is 21.1 Å². The summed E-state index contributed by atoms with van der Waals surface area (Å²) >= 11 is 6.39. The highest BCUT2D eigenvalue weighted by Gasteiger charge is 2.36. The number of rotatable bonds is 1. The fourth-order valence-corrected chi connectivity index (χ4v) is 3.01. The van der Waals surface area contributed by atoms with Crippen LogP contribution < -0.4 is 10.1 Å². The maximum atomic E-state index is 6.39. The average molecular weight is 240 g/mol. The van der Waals surface area contributed by atoms with Crippen molar-refractivity contribution in [2.24, 2.45) is 0 Å². The van der Waals surface area contributed by atoms with E-state index in [0.717, 1.165) is 23.9 Å². The summed E-state index contributed by atoms with van der Waals surface area (Å²) in [6.07, 6.45) is 0.261. The second-order valence-corrected chi connectivity index (χ2v) is 4.65. The Morgan fingerprint density at radius 1 is 1.44 bits per heavy atom. The van der Waals surface area contributed by atoms with E-state index < -0.39 is 0 Å². The molecule has 1 aromatic carbocycles. The van der Waals surface area contributed by atoms with Crippen LogP contribution in [0, 0.1) is 0 Å². The van der Waals surface area contributed by atoms with Crippen LogP contribution >= 0.6 is 11.6 Å². The molecule has 0 spiro atoms. The first-order valence-corrected chi connectivity index (χ1v) is 5.86. The van der Waals surface area contributed by atoms with Crippen LogP contribution in [0.5, 0.6) is 5.75 Å². The molecule has 0 unspecified atom stereocenters. The van der Waals surface area contributed by atoms with Crippen molar-refractivity contribution >= 4 is 11.6 Å². The van der Waals surface area contributed by atoms with Crippen LogP contribution in [-0.4, -0.2) is 26.3 Å². The molecule has 1 N–H and O–H groups in total. The van der Waals surface area contributed by atoms with E-state index in [9.17, 15) is 0 Å². The molecule has 16 heavy (non-hydrogen) atoms. The highest BCUT2D eigenvalue weighted by Crippen LogP contribution is 2.41. The third kappa shape index (κ3) is 1.43. The van der Waals surface area contributed by atoms with Crippen LogP contribution in [0.4, 0.5) is 0 Å². The second-order valence-electron chi connectivity index (χ2n) is 4.27. The van der Waals surface area contributed by atoms with Crippen molar-refractivity contribution in [1.82, 2.24) is 5.32 Å². The van der Waals surface area contributed by atoms with Gasteiger partial charge in [-0.2, -0.15) is 0 Å². The summed E-state index contributed by atoms with van der Waals surface area (Å²) in [7, 11) is 1.65. The number of nitrogens with one attached hydrogen (secondary N) is 1. The van der Waals surface area contributed by atoms with E-state index >= 15 is 0 Å². The summed E-state index contributed by atoms with van der Waals surface area (Å²) in [6, 6.07) is 3.96. The molecule has 4 heteroatoms. The quantitative estimate of drug-likeness (QED) is 0.813. The van der Waals surface area contributed by atoms with Crippen molar-refractivity contribution in [3.8, 4) is 5.75 Å². The average Bonchev–Trinajstić information content (AvgIpc) is 2.77. The number of fused-ring (bicyclic) bond motifs is 3. The molecule has 2 aliphatic rings. The Labute approximate surface area is 99.7 Å². The summed E-state index contributed by atoms with van der Waals surface area (Å²) in [4.78, 5) is 0. The highest BCUT2D eigenvalue weighted by atomic mass is 35.5. The molecular weight excluding hydrogens is 226 g/mol. The molecule has 0 amide bonds. The number of benzene rings is 1. The predicted octanol–water partition coefficient (Wildman–Crippen LogP) is 1.93. The number of hydrogen-bond acceptors (Lipinski definition) is 3. The zero-order valence-corrected chi connectivity index (χ0v) is 9.88. The Balaban J connectivity index is 2.11. The lowest BCUT2D eigenvalue weighted by Gasteiger charge is -2.29. The van der Waals surface area contributed by atoms with Crippen LogP contribution in [0.1, 0.15) is 17.0 Å². The van der Waals surface area contributed by atoms with Gasteiger partial charge in [0.15, 0.2) is 0 Å². The zero-order chi connectivity index (χ0) is 11.1. The fraction of sp³-hybridized carbons (Fsp3) is 0.500. The molecule has 1 aromatic rings. The molecule has 1 fully saturated rings. The van der Waals surface area contributed by atoms with E-state index in [1.165, 1.54) is 11.1 Å². The van der Waals surface area contributed by atoms with Gasteiger partial charge in [0.2, 0.25) is 0 Å². The van der Waals surface area contributed by atoms with Gasteiger partial charge < -0.3 is 14.8 Å². The third-order valence-electron chi connectivity index (χ3n) is 3.44. The number of halogens is 1. The van der Waals surface area contributed by atoms with E-state index in [0.29, 0.717) is 12.5 Å². The van der Waals surface area contributed by atoms with Crippen LogP contribution in [0.15, 0.2) is 12.1 Å². The van der Waals surface area contributed by atoms with Crippen LogP contribution in [-0.2, 0) is 11.3 Å². The molecule has 0 aliphatic carbocycles. The fourth-order valence-electron chi connectivity index (χ4n) is 2.61. The lowest BCUT2D eigenvalue weighted by molar-refractivity contribution is 0.0299. The standard InChI is InChI=1S/C12H14ClNO2/c1-15-9-3-2-7-6-16-10-5-14-4-8(10)11(7)12(9)13/h2-3,8,10,14H,4-6H2,1H3/t8-,10+/m1/s1. The smallest absolute Gasteiger partial charge is 0.137 e. The van der Waals surface area contributed by atoms with Crippen molar-refractivity contribution < 1.29 is 9.47 Å². The molecular formula is C12H14ClNO2. The SMILES string of the molecule is COc1ccc2c(c1Cl)[C@@H]1CNC[C@@H]1OC2. The molecule has 2 heterocycles. The first-order chi connectivity index (χ1) is 7.81. The van der Waals surface area contributed by atoms with Gasteiger partial charge in [-0.1, -0.05) is 17.7 Å². The molecule has 0 saturated carbocycles. The van der Waals surface area contributed by atoms with Crippen molar-refractivity contribution in [2.75, 3.05) is 20.2 Å². The molecule has 0 radical (unpaired) electrons. The van der Waals surface area contributed by atoms with Gasteiger partial charge in [0.1, 0.15) is 5.75 Å². The minimum Gasteiger partial charge on any atom is -0.495 e. The largest absolute Gasteiger partial charge is 0.495 e. The second kappa shape index (κ2) is 3.91. The first kappa shape index (κ1) is 10.4. The molecule has 1 saturated heterocycles. The van der Waals surface area contributed by atoms with Crippen molar-refractivity contribution in [1.29, 1.82) is 0 Å². The lowest BCUT2D eigenvalue weighted by Crippen LogP contribution is -2.27. The van der Waals surface area contributed by atoms with Gasteiger partial charge in [0, 0.05) is 19.0 Å². The number of ether oxygens (including phenoxy) is 2. The topological polar surface area (TPSA) is 30.5 Å². The predicted molar refractivity (Wildman–Crippen MR) is 62.2 cm³/mol. The zero-order valence-electron chi connectivity index (χ0n) is 9.13. The molecule has 86 valence electrons. The van der Waals surface area contributed by atoms with E-state index in [2.05, 4.69) is 11.4 Å². The summed E-state index contributed by atoms with van der Waals surface area (Å²) in [5.74, 6) is 1.12. The Kier molecular flexibility index (Phi) is 2.54. The van der Waals surface area contributed by atoms with Gasteiger partial charge in [-0.3, -0.25) is 0 Å². The molecule has 0 bridgehead atoms. The third-order valence-corrected chi connectivity index (χ3v) is 3.83. The first-order valence-electron chi connectivity index (χ1n) is 5.49. The minimum atomic E-state index is 0.261. The van der Waals surface area contributed by atoms with Gasteiger partial charge in [-0.05, 0) is 17.2 Å². The van der Waals surface area contributed by atoms with Crippen molar-refractivity contribution in [3.63, 3.8) is 0 Å². The van der Waals surface area contributed by atoms with Gasteiger partial charge in [-0.15, -0.1) is 0 Å². The molecule has 0 aromatic heterocycles. The summed E-state index contributed by atoms with van der Waals surface area (Å²) < 4.78 is 11.1. The lowest BCUT2D eigenvalue weighted by atomic mass is 9.89. The van der Waals surface area contributed by atoms with Crippen LogP contribution in [0.3, 0.4) is 0 Å². The molecule has 2 aliphatic heterocycles. The Morgan fingerprint density at radius 3 is 3.12 bits per heavy atom. The number of hydrogen-bond donors (Lipinski definition) is 1. The van der Waals surface area contributed by atoms with Crippen molar-refractivity contribution in [3.05, 3.63) is 28.3 Å². The monoisotopic (exact) mass is 239 g/mol. The number of methoxy groups -OCH3 is 1. The van der Waals surface area contributed by atoms with E-state index in [-0.39, 0.29) is 6.10 Å². The van der Waals surface area contributed by atoms with Gasteiger partial charge in [0.25, 0.3) is 0 Å². The summed E-state index contributed by atoms with van der Waals surface area (Å²) in [6.45, 7) is 2.50. The van der Waals surface area contributed by atoms with E-state index in [1.54, 1.807) is 7.11 Å². The molecule has 3 rings (SSSR count). The Hall–Kier alpha value is -0.770. The minimum absolute atomic E-state index is 0.261. The highest BCUT2D eigenvalue weighted by molar-refractivity contribution is 6.33. The van der Waals surface area contributed by atoms with Crippen molar-refractivity contribution in [2.45, 2.75) is 18.6 Å². The van der Waals surface area contributed by atoms with E-state index in [1.807, 2.05) is 6.07 Å². The van der Waals surface area contributed by atoms with Gasteiger partial charge in [-0.25, -0.2) is 0 Å². The van der Waals surface area contributed by atoms with Crippen LogP contribution in [0.25, 0.3) is 0 Å². The maximum Gasteiger partial charge on any atom is 0.137 e. The van der Waals surface area contributed by atoms with Crippen LogP contribution in [0.2, 0.25) is 5.02 Å². The van der Waals surface area contributed by atoms with Gasteiger partial charge in [0.05, 0.1) is 24.8 Å². The Morgan fingerprint density at radius 2 is 2.31 bits per heavy atom.